The van der Waals surface area contributed by atoms with Gasteiger partial charge in [-0.05, 0) is 42.8 Å². The van der Waals surface area contributed by atoms with Crippen molar-refractivity contribution in [3.63, 3.8) is 0 Å². The van der Waals surface area contributed by atoms with Crippen LogP contribution in [0.5, 0.6) is 0 Å². The van der Waals surface area contributed by atoms with E-state index in [1.807, 2.05) is 25.1 Å². The van der Waals surface area contributed by atoms with E-state index in [1.54, 1.807) is 37.4 Å². The van der Waals surface area contributed by atoms with Crippen molar-refractivity contribution in [2.75, 3.05) is 18.9 Å². The second kappa shape index (κ2) is 7.09. The molecule has 2 aromatic rings. The number of carbonyl (C=O) groups is 2. The Morgan fingerprint density at radius 1 is 1.09 bits per heavy atom. The number of nitrogens with zero attached hydrogens (tertiary/aromatic N) is 1. The molecule has 0 atom stereocenters. The first kappa shape index (κ1) is 16.0. The zero-order valence-corrected chi connectivity index (χ0v) is 13.2. The first-order chi connectivity index (χ1) is 10.5. The minimum absolute atomic E-state index is 0.0181. The molecule has 0 saturated carbocycles. The van der Waals surface area contributed by atoms with E-state index < -0.39 is 0 Å². The van der Waals surface area contributed by atoms with Gasteiger partial charge in [-0.1, -0.05) is 29.8 Å². The van der Waals surface area contributed by atoms with E-state index in [2.05, 4.69) is 5.32 Å². The highest BCUT2D eigenvalue weighted by Gasteiger charge is 2.16. The van der Waals surface area contributed by atoms with Crippen LogP contribution < -0.4 is 5.32 Å². The minimum atomic E-state index is -0.258. The van der Waals surface area contributed by atoms with Gasteiger partial charge in [0.1, 0.15) is 0 Å². The quantitative estimate of drug-likeness (QED) is 0.940. The normalized spacial score (nSPS) is 10.1. The molecule has 0 radical (unpaired) electrons. The number of nitrogens with one attached hydrogen (secondary N) is 1. The van der Waals surface area contributed by atoms with Gasteiger partial charge in [-0.25, -0.2) is 0 Å². The topological polar surface area (TPSA) is 49.4 Å². The summed E-state index contributed by atoms with van der Waals surface area (Å²) >= 11 is 5.79. The molecule has 114 valence electrons. The van der Waals surface area contributed by atoms with Crippen LogP contribution in [0, 0.1) is 6.92 Å². The molecular formula is C17H17ClN2O2. The standard InChI is InChI=1S/C17H17ClN2O2/c1-12-5-3-4-6-15(12)17(22)20(2)11-16(21)19-14-9-7-13(18)8-10-14/h3-10H,11H2,1-2H3,(H,19,21). The van der Waals surface area contributed by atoms with Crippen molar-refractivity contribution in [2.45, 2.75) is 6.92 Å². The number of aryl methyl sites for hydroxylation is 1. The van der Waals surface area contributed by atoms with Crippen LogP contribution in [0.2, 0.25) is 5.02 Å². The zero-order valence-electron chi connectivity index (χ0n) is 12.5. The van der Waals surface area contributed by atoms with Crippen LogP contribution in [-0.4, -0.2) is 30.3 Å². The van der Waals surface area contributed by atoms with Gasteiger partial charge in [-0.2, -0.15) is 0 Å². The van der Waals surface area contributed by atoms with Crippen molar-refractivity contribution in [2.24, 2.45) is 0 Å². The van der Waals surface area contributed by atoms with E-state index in [1.165, 1.54) is 4.90 Å². The molecule has 2 aromatic carbocycles. The van der Waals surface area contributed by atoms with Crippen LogP contribution in [0.4, 0.5) is 5.69 Å². The number of benzene rings is 2. The van der Waals surface area contributed by atoms with Gasteiger partial charge in [-0.15, -0.1) is 0 Å². The molecule has 0 saturated heterocycles. The highest BCUT2D eigenvalue weighted by Crippen LogP contribution is 2.14. The predicted molar refractivity (Wildman–Crippen MR) is 88.2 cm³/mol. The summed E-state index contributed by atoms with van der Waals surface area (Å²) in [4.78, 5) is 25.7. The summed E-state index contributed by atoms with van der Waals surface area (Å²) < 4.78 is 0. The lowest BCUT2D eigenvalue weighted by Gasteiger charge is -2.18. The number of amides is 2. The Balaban J connectivity index is 1.97. The number of halogens is 1. The summed E-state index contributed by atoms with van der Waals surface area (Å²) in [5.41, 5.74) is 2.13. The first-order valence-electron chi connectivity index (χ1n) is 6.84. The molecule has 0 bridgehead atoms. The highest BCUT2D eigenvalue weighted by molar-refractivity contribution is 6.30. The van der Waals surface area contributed by atoms with E-state index in [0.717, 1.165) is 5.56 Å². The predicted octanol–water partition coefficient (Wildman–Crippen LogP) is 3.36. The molecule has 4 nitrogen and oxygen atoms in total. The molecular weight excluding hydrogens is 300 g/mol. The van der Waals surface area contributed by atoms with Gasteiger partial charge in [0.2, 0.25) is 5.91 Å². The molecule has 0 aliphatic heterocycles. The van der Waals surface area contributed by atoms with E-state index in [0.29, 0.717) is 16.3 Å². The second-order valence-electron chi connectivity index (χ2n) is 5.03. The number of carbonyl (C=O) groups excluding carboxylic acids is 2. The van der Waals surface area contributed by atoms with E-state index in [9.17, 15) is 9.59 Å². The largest absolute Gasteiger partial charge is 0.332 e. The molecule has 1 N–H and O–H groups in total. The molecule has 0 aromatic heterocycles. The summed E-state index contributed by atoms with van der Waals surface area (Å²) in [5, 5.41) is 3.33. The third-order valence-electron chi connectivity index (χ3n) is 3.23. The van der Waals surface area contributed by atoms with Crippen LogP contribution in [0.25, 0.3) is 0 Å². The maximum absolute atomic E-state index is 12.3. The molecule has 0 aliphatic carbocycles. The summed E-state index contributed by atoms with van der Waals surface area (Å²) in [6, 6.07) is 14.1. The maximum Gasteiger partial charge on any atom is 0.254 e. The van der Waals surface area contributed by atoms with Crippen LogP contribution >= 0.6 is 11.6 Å². The summed E-state index contributed by atoms with van der Waals surface area (Å²) in [6.07, 6.45) is 0. The zero-order chi connectivity index (χ0) is 16.1. The number of hydrogen-bond acceptors (Lipinski definition) is 2. The SMILES string of the molecule is Cc1ccccc1C(=O)N(C)CC(=O)Nc1ccc(Cl)cc1. The lowest BCUT2D eigenvalue weighted by Crippen LogP contribution is -2.35. The lowest BCUT2D eigenvalue weighted by atomic mass is 10.1. The Kier molecular flexibility index (Phi) is 5.17. The van der Waals surface area contributed by atoms with Crippen LogP contribution in [0.3, 0.4) is 0 Å². The van der Waals surface area contributed by atoms with Crippen LogP contribution in [0.1, 0.15) is 15.9 Å². The number of anilines is 1. The molecule has 2 amide bonds. The number of rotatable bonds is 4. The van der Waals surface area contributed by atoms with Crippen molar-refractivity contribution in [1.82, 2.24) is 4.90 Å². The molecule has 22 heavy (non-hydrogen) atoms. The van der Waals surface area contributed by atoms with Crippen LogP contribution in [0.15, 0.2) is 48.5 Å². The average molecular weight is 317 g/mol. The molecule has 0 unspecified atom stereocenters. The Hall–Kier alpha value is -2.33. The van der Waals surface area contributed by atoms with Gasteiger partial charge in [-0.3, -0.25) is 9.59 Å². The van der Waals surface area contributed by atoms with Gasteiger partial charge < -0.3 is 10.2 Å². The van der Waals surface area contributed by atoms with E-state index >= 15 is 0 Å². The third-order valence-corrected chi connectivity index (χ3v) is 3.48. The van der Waals surface area contributed by atoms with E-state index in [-0.39, 0.29) is 18.4 Å². The van der Waals surface area contributed by atoms with Crippen LogP contribution in [-0.2, 0) is 4.79 Å². The van der Waals surface area contributed by atoms with Gasteiger partial charge >= 0.3 is 0 Å². The minimum Gasteiger partial charge on any atom is -0.332 e. The van der Waals surface area contributed by atoms with Gasteiger partial charge in [0.25, 0.3) is 5.91 Å². The Bertz CT molecular complexity index is 683. The van der Waals surface area contributed by atoms with Gasteiger partial charge in [0, 0.05) is 23.3 Å². The smallest absolute Gasteiger partial charge is 0.254 e. The van der Waals surface area contributed by atoms with E-state index in [4.69, 9.17) is 11.6 Å². The van der Waals surface area contributed by atoms with Crippen molar-refractivity contribution >= 4 is 29.1 Å². The number of likely N-dealkylation sites (N-methyl/N-ethyl adjacent to an activating group) is 1. The summed E-state index contributed by atoms with van der Waals surface area (Å²) in [6.45, 7) is 1.85. The number of hydrogen-bond donors (Lipinski definition) is 1. The molecule has 0 heterocycles. The first-order valence-corrected chi connectivity index (χ1v) is 7.21. The fraction of sp³-hybridized carbons (Fsp3) is 0.176. The van der Waals surface area contributed by atoms with Crippen molar-refractivity contribution in [3.8, 4) is 0 Å². The molecule has 2 rings (SSSR count). The van der Waals surface area contributed by atoms with Gasteiger partial charge in [0.15, 0.2) is 0 Å². The highest BCUT2D eigenvalue weighted by atomic mass is 35.5. The van der Waals surface area contributed by atoms with Crippen molar-refractivity contribution in [3.05, 3.63) is 64.7 Å². The fourth-order valence-electron chi connectivity index (χ4n) is 2.04. The Morgan fingerprint density at radius 3 is 2.36 bits per heavy atom. The Morgan fingerprint density at radius 2 is 1.73 bits per heavy atom. The lowest BCUT2D eigenvalue weighted by molar-refractivity contribution is -0.116. The molecule has 5 heteroatoms. The third kappa shape index (κ3) is 4.09. The summed E-state index contributed by atoms with van der Waals surface area (Å²) in [5.74, 6) is -0.434. The maximum atomic E-state index is 12.3. The monoisotopic (exact) mass is 316 g/mol. The average Bonchev–Trinajstić information content (AvgIpc) is 2.49. The van der Waals surface area contributed by atoms with Gasteiger partial charge in [0.05, 0.1) is 6.54 Å². The second-order valence-corrected chi connectivity index (χ2v) is 5.47. The fourth-order valence-corrected chi connectivity index (χ4v) is 2.17. The molecule has 0 spiro atoms. The molecule has 0 aliphatic rings. The Labute approximate surface area is 134 Å². The molecule has 0 fully saturated rings. The van der Waals surface area contributed by atoms with Crippen molar-refractivity contribution < 1.29 is 9.59 Å². The summed E-state index contributed by atoms with van der Waals surface area (Å²) in [7, 11) is 1.61. The van der Waals surface area contributed by atoms with Crippen molar-refractivity contribution in [1.29, 1.82) is 0 Å².